The second kappa shape index (κ2) is 8.08. The fourth-order valence-electron chi connectivity index (χ4n) is 2.49. The summed E-state index contributed by atoms with van der Waals surface area (Å²) in [7, 11) is 0. The van der Waals surface area contributed by atoms with E-state index in [0.717, 1.165) is 17.5 Å². The molecule has 0 aliphatic carbocycles. The van der Waals surface area contributed by atoms with Crippen molar-refractivity contribution in [1.29, 1.82) is 0 Å². The maximum absolute atomic E-state index is 12.1. The Labute approximate surface area is 159 Å². The van der Waals surface area contributed by atoms with Gasteiger partial charge in [-0.3, -0.25) is 30.7 Å². The molecule has 1 aromatic carbocycles. The van der Waals surface area contributed by atoms with Crippen molar-refractivity contribution in [2.24, 2.45) is 0 Å². The molecule has 0 saturated carbocycles. The van der Waals surface area contributed by atoms with Gasteiger partial charge in [0.1, 0.15) is 12.1 Å². The summed E-state index contributed by atoms with van der Waals surface area (Å²) in [5.74, 6) is -0.550. The van der Waals surface area contributed by atoms with Gasteiger partial charge in [0.2, 0.25) is 5.82 Å². The van der Waals surface area contributed by atoms with Crippen LogP contribution >= 0.6 is 0 Å². The number of ether oxygens (including phenoxy) is 1. The zero-order chi connectivity index (χ0) is 20.1. The van der Waals surface area contributed by atoms with Crippen molar-refractivity contribution >= 4 is 17.4 Å². The quantitative estimate of drug-likeness (QED) is 0.493. The second-order valence-electron chi connectivity index (χ2n) is 5.87. The van der Waals surface area contributed by atoms with Crippen molar-refractivity contribution in [3.05, 3.63) is 75.9 Å². The number of nitrogens with one attached hydrogen (secondary N) is 2. The van der Waals surface area contributed by atoms with Gasteiger partial charge < -0.3 is 4.74 Å². The van der Waals surface area contributed by atoms with Crippen LogP contribution in [0.4, 0.5) is 11.5 Å². The second-order valence-corrected chi connectivity index (χ2v) is 5.87. The Hall–Kier alpha value is -4.08. The third kappa shape index (κ3) is 4.36. The van der Waals surface area contributed by atoms with Crippen molar-refractivity contribution in [3.8, 4) is 11.6 Å². The predicted octanol–water partition coefficient (Wildman–Crippen LogP) is 2.95. The zero-order valence-corrected chi connectivity index (χ0v) is 15.0. The highest BCUT2D eigenvalue weighted by molar-refractivity contribution is 5.94. The van der Waals surface area contributed by atoms with E-state index in [0.29, 0.717) is 11.3 Å². The normalized spacial score (nSPS) is 10.2. The van der Waals surface area contributed by atoms with E-state index in [4.69, 9.17) is 4.74 Å². The Kier molecular flexibility index (Phi) is 5.40. The van der Waals surface area contributed by atoms with E-state index in [1.54, 1.807) is 12.1 Å². The van der Waals surface area contributed by atoms with Crippen LogP contribution in [-0.2, 0) is 0 Å². The smallest absolute Gasteiger partial charge is 0.374 e. The highest BCUT2D eigenvalue weighted by atomic mass is 16.6. The molecule has 28 heavy (non-hydrogen) atoms. The number of aryl methyl sites for hydroxylation is 2. The van der Waals surface area contributed by atoms with Crippen molar-refractivity contribution in [1.82, 2.24) is 20.4 Å². The molecule has 0 spiro atoms. The number of carbonyl (C=O) groups is 1. The average Bonchev–Trinajstić information content (AvgIpc) is 2.65. The number of nitro groups is 1. The number of carbonyl (C=O) groups excluding carboxylic acids is 1. The molecule has 0 atom stereocenters. The number of rotatable bonds is 6. The molecule has 0 saturated heterocycles. The van der Waals surface area contributed by atoms with Gasteiger partial charge in [-0.15, -0.1) is 0 Å². The molecule has 3 aromatic rings. The first-order valence-electron chi connectivity index (χ1n) is 8.16. The molecule has 0 radical (unpaired) electrons. The number of amides is 1. The van der Waals surface area contributed by atoms with Crippen molar-refractivity contribution in [2.45, 2.75) is 13.8 Å². The maximum atomic E-state index is 12.1. The van der Waals surface area contributed by atoms with E-state index >= 15 is 0 Å². The van der Waals surface area contributed by atoms with Gasteiger partial charge in [-0.1, -0.05) is 6.07 Å². The molecule has 0 unspecified atom stereocenters. The van der Waals surface area contributed by atoms with Gasteiger partial charge in [-0.25, -0.2) is 4.98 Å². The molecule has 0 fully saturated rings. The monoisotopic (exact) mass is 380 g/mol. The Morgan fingerprint density at radius 2 is 1.79 bits per heavy atom. The van der Waals surface area contributed by atoms with Crippen LogP contribution in [-0.4, -0.2) is 25.8 Å². The van der Waals surface area contributed by atoms with E-state index in [9.17, 15) is 14.9 Å². The first-order chi connectivity index (χ1) is 13.4. The molecule has 0 aliphatic rings. The van der Waals surface area contributed by atoms with Gasteiger partial charge in [-0.2, -0.15) is 4.98 Å². The number of nitrogens with zero attached hydrogens (tertiary/aromatic N) is 4. The van der Waals surface area contributed by atoms with Crippen LogP contribution in [0.3, 0.4) is 0 Å². The van der Waals surface area contributed by atoms with Gasteiger partial charge in [0.15, 0.2) is 0 Å². The third-order valence-corrected chi connectivity index (χ3v) is 3.62. The van der Waals surface area contributed by atoms with Crippen LogP contribution in [0.25, 0.3) is 0 Å². The molecular formula is C18H16N6O4. The Morgan fingerprint density at radius 3 is 2.43 bits per heavy atom. The van der Waals surface area contributed by atoms with E-state index in [-0.39, 0.29) is 11.7 Å². The minimum Gasteiger partial charge on any atom is -0.434 e. The van der Waals surface area contributed by atoms with E-state index < -0.39 is 16.5 Å². The molecule has 2 aromatic heterocycles. The number of anilines is 1. The fraction of sp³-hybridized carbons (Fsp3) is 0.111. The lowest BCUT2D eigenvalue weighted by molar-refractivity contribution is -0.385. The molecule has 142 valence electrons. The maximum Gasteiger partial charge on any atom is 0.374 e. The minimum absolute atomic E-state index is 0.207. The van der Waals surface area contributed by atoms with Crippen molar-refractivity contribution in [2.75, 3.05) is 5.43 Å². The summed E-state index contributed by atoms with van der Waals surface area (Å²) in [4.78, 5) is 34.5. The third-order valence-electron chi connectivity index (χ3n) is 3.62. The number of hydrogen-bond donors (Lipinski definition) is 2. The SMILES string of the molecule is Cc1cc(C)cc(Oc2ncnc(NNC(=O)c3ccncc3)c2[N+](=O)[O-])c1. The number of benzene rings is 1. The van der Waals surface area contributed by atoms with Gasteiger partial charge in [0, 0.05) is 18.0 Å². The van der Waals surface area contributed by atoms with Crippen LogP contribution in [0.2, 0.25) is 0 Å². The van der Waals surface area contributed by atoms with E-state index in [1.165, 1.54) is 24.5 Å². The standard InChI is InChI=1S/C18H16N6O4/c1-11-7-12(2)9-14(8-11)28-18-15(24(26)27)16(20-10-21-18)22-23-17(25)13-3-5-19-6-4-13/h3-10H,1-2H3,(H,23,25)(H,20,21,22). The summed E-state index contributed by atoms with van der Waals surface area (Å²) in [6, 6.07) is 8.41. The van der Waals surface area contributed by atoms with Crippen LogP contribution in [0.5, 0.6) is 11.6 Å². The summed E-state index contributed by atoms with van der Waals surface area (Å²) < 4.78 is 5.61. The Morgan fingerprint density at radius 1 is 1.11 bits per heavy atom. The van der Waals surface area contributed by atoms with Crippen LogP contribution < -0.4 is 15.6 Å². The molecule has 3 rings (SSSR count). The zero-order valence-electron chi connectivity index (χ0n) is 15.0. The summed E-state index contributed by atoms with van der Waals surface area (Å²) in [5, 5.41) is 11.6. The average molecular weight is 380 g/mol. The molecule has 0 aliphatic heterocycles. The minimum atomic E-state index is -0.682. The molecule has 10 nitrogen and oxygen atoms in total. The molecule has 2 N–H and O–H groups in total. The van der Waals surface area contributed by atoms with Crippen molar-refractivity contribution < 1.29 is 14.5 Å². The Balaban J connectivity index is 1.85. The number of hydrazine groups is 1. The van der Waals surface area contributed by atoms with Gasteiger partial charge in [0.25, 0.3) is 5.91 Å². The lowest BCUT2D eigenvalue weighted by atomic mass is 10.1. The highest BCUT2D eigenvalue weighted by Gasteiger charge is 2.25. The molecule has 1 amide bonds. The molecular weight excluding hydrogens is 364 g/mol. The Bertz CT molecular complexity index is 1010. The van der Waals surface area contributed by atoms with Crippen LogP contribution in [0, 0.1) is 24.0 Å². The summed E-state index contributed by atoms with van der Waals surface area (Å²) in [5.41, 5.74) is 6.50. The predicted molar refractivity (Wildman–Crippen MR) is 100 cm³/mol. The topological polar surface area (TPSA) is 132 Å². The fourth-order valence-corrected chi connectivity index (χ4v) is 2.49. The molecule has 0 bridgehead atoms. The number of pyridine rings is 1. The van der Waals surface area contributed by atoms with E-state index in [1.807, 2.05) is 19.9 Å². The first kappa shape index (κ1) is 18.7. The van der Waals surface area contributed by atoms with Gasteiger partial charge >= 0.3 is 11.6 Å². The largest absolute Gasteiger partial charge is 0.434 e. The summed E-state index contributed by atoms with van der Waals surface area (Å²) >= 11 is 0. The lowest BCUT2D eigenvalue weighted by Gasteiger charge is -2.11. The van der Waals surface area contributed by atoms with Crippen molar-refractivity contribution in [3.63, 3.8) is 0 Å². The summed E-state index contributed by atoms with van der Waals surface area (Å²) in [6.45, 7) is 3.77. The van der Waals surface area contributed by atoms with E-state index in [2.05, 4.69) is 25.8 Å². The highest BCUT2D eigenvalue weighted by Crippen LogP contribution is 2.34. The number of hydrogen-bond acceptors (Lipinski definition) is 8. The summed E-state index contributed by atoms with van der Waals surface area (Å²) in [6.07, 6.45) is 4.02. The van der Waals surface area contributed by atoms with Gasteiger partial charge in [-0.05, 0) is 49.2 Å². The lowest BCUT2D eigenvalue weighted by Crippen LogP contribution is -2.30. The van der Waals surface area contributed by atoms with Crippen LogP contribution in [0.15, 0.2) is 49.1 Å². The number of aromatic nitrogens is 3. The van der Waals surface area contributed by atoms with Gasteiger partial charge in [0.05, 0.1) is 4.92 Å². The first-order valence-corrected chi connectivity index (χ1v) is 8.16. The molecule has 2 heterocycles. The molecule has 10 heteroatoms. The van der Waals surface area contributed by atoms with Crippen LogP contribution in [0.1, 0.15) is 21.5 Å².